The molecule has 0 radical (unpaired) electrons. The molecule has 1 rings (SSSR count). The Morgan fingerprint density at radius 3 is 2.64 bits per heavy atom. The number of rotatable bonds is 4. The second-order valence-corrected chi connectivity index (χ2v) is 3.82. The molecule has 0 amide bonds. The molecule has 1 aromatic rings. The van der Waals surface area contributed by atoms with Gasteiger partial charge in [-0.15, -0.1) is 0 Å². The lowest BCUT2D eigenvalue weighted by Gasteiger charge is -2.15. The van der Waals surface area contributed by atoms with Gasteiger partial charge in [0, 0.05) is 16.6 Å². The van der Waals surface area contributed by atoms with Crippen molar-refractivity contribution in [2.75, 3.05) is 7.05 Å². The summed E-state index contributed by atoms with van der Waals surface area (Å²) in [5, 5.41) is 3.51. The van der Waals surface area contributed by atoms with Crippen molar-refractivity contribution in [3.8, 4) is 0 Å². The van der Waals surface area contributed by atoms with Crippen LogP contribution in [0.4, 0.5) is 4.39 Å². The Bertz CT molecular complexity index is 290. The maximum atomic E-state index is 13.7. The topological polar surface area (TPSA) is 12.0 Å². The molecule has 1 aromatic carbocycles. The summed E-state index contributed by atoms with van der Waals surface area (Å²) < 4.78 is 13.7. The molecule has 0 bridgehead atoms. The molecular formula is C11H15ClFN. The zero-order valence-corrected chi connectivity index (χ0v) is 9.18. The van der Waals surface area contributed by atoms with E-state index in [1.807, 2.05) is 14.0 Å². The van der Waals surface area contributed by atoms with E-state index < -0.39 is 6.17 Å². The van der Waals surface area contributed by atoms with Crippen LogP contribution in [-0.2, 0) is 0 Å². The number of hydrogen-bond acceptors (Lipinski definition) is 1. The first-order valence-corrected chi connectivity index (χ1v) is 5.08. The third-order valence-corrected chi connectivity index (χ3v) is 2.64. The minimum absolute atomic E-state index is 0.154. The van der Waals surface area contributed by atoms with Crippen LogP contribution in [0.15, 0.2) is 24.3 Å². The number of alkyl halides is 1. The van der Waals surface area contributed by atoms with E-state index in [-0.39, 0.29) is 6.04 Å². The molecule has 14 heavy (non-hydrogen) atoms. The lowest BCUT2D eigenvalue weighted by molar-refractivity contribution is 0.295. The summed E-state index contributed by atoms with van der Waals surface area (Å²) in [6.07, 6.45) is -0.550. The first-order valence-electron chi connectivity index (χ1n) is 4.71. The largest absolute Gasteiger partial charge is 0.317 e. The summed E-state index contributed by atoms with van der Waals surface area (Å²) in [6, 6.07) is 7.21. The number of halogens is 2. The summed E-state index contributed by atoms with van der Waals surface area (Å²) in [7, 11) is 1.82. The van der Waals surface area contributed by atoms with Gasteiger partial charge in [-0.3, -0.25) is 0 Å². The lowest BCUT2D eigenvalue weighted by Crippen LogP contribution is -2.22. The van der Waals surface area contributed by atoms with Gasteiger partial charge in [0.1, 0.15) is 6.17 Å². The van der Waals surface area contributed by atoms with E-state index in [2.05, 4.69) is 5.32 Å². The molecule has 0 fully saturated rings. The van der Waals surface area contributed by atoms with E-state index in [0.717, 1.165) is 0 Å². The Balaban J connectivity index is 2.69. The number of benzene rings is 1. The second-order valence-electron chi connectivity index (χ2n) is 3.41. The minimum Gasteiger partial charge on any atom is -0.317 e. The zero-order chi connectivity index (χ0) is 10.6. The highest BCUT2D eigenvalue weighted by molar-refractivity contribution is 6.31. The zero-order valence-electron chi connectivity index (χ0n) is 8.43. The van der Waals surface area contributed by atoms with Crippen molar-refractivity contribution in [3.05, 3.63) is 34.9 Å². The predicted molar refractivity (Wildman–Crippen MR) is 58.4 cm³/mol. The average Bonchev–Trinajstić information content (AvgIpc) is 2.18. The predicted octanol–water partition coefficient (Wildman–Crippen LogP) is 3.35. The van der Waals surface area contributed by atoms with Gasteiger partial charge in [0.25, 0.3) is 0 Å². The summed E-state index contributed by atoms with van der Waals surface area (Å²) >= 11 is 5.89. The smallest absolute Gasteiger partial charge is 0.128 e. The van der Waals surface area contributed by atoms with E-state index in [4.69, 9.17) is 11.6 Å². The number of hydrogen-bond donors (Lipinski definition) is 1. The highest BCUT2D eigenvalue weighted by atomic mass is 35.5. The maximum Gasteiger partial charge on any atom is 0.128 e. The molecule has 0 saturated heterocycles. The van der Waals surface area contributed by atoms with E-state index in [0.29, 0.717) is 17.0 Å². The minimum atomic E-state index is -0.994. The van der Waals surface area contributed by atoms with E-state index in [1.165, 1.54) is 0 Å². The highest BCUT2D eigenvalue weighted by Gasteiger charge is 2.15. The van der Waals surface area contributed by atoms with Gasteiger partial charge in [-0.2, -0.15) is 0 Å². The summed E-state index contributed by atoms with van der Waals surface area (Å²) in [5.41, 5.74) is 0.580. The normalized spacial score (nSPS) is 15.1. The van der Waals surface area contributed by atoms with Gasteiger partial charge in [0.15, 0.2) is 0 Å². The Hall–Kier alpha value is -0.600. The van der Waals surface area contributed by atoms with Crippen molar-refractivity contribution < 1.29 is 4.39 Å². The van der Waals surface area contributed by atoms with Crippen LogP contribution < -0.4 is 5.32 Å². The fourth-order valence-electron chi connectivity index (χ4n) is 1.28. The molecule has 0 aliphatic rings. The second kappa shape index (κ2) is 5.32. The first kappa shape index (κ1) is 11.5. The van der Waals surface area contributed by atoms with Gasteiger partial charge in [-0.05, 0) is 26.5 Å². The standard InChI is InChI=1S/C11H15ClFN/c1-8(14-2)7-11(13)9-5-3-4-6-10(9)12/h3-6,8,11,14H,7H2,1-2H3. The van der Waals surface area contributed by atoms with Crippen LogP contribution >= 0.6 is 11.6 Å². The van der Waals surface area contributed by atoms with Crippen molar-refractivity contribution in [2.24, 2.45) is 0 Å². The van der Waals surface area contributed by atoms with Crippen LogP contribution in [0.1, 0.15) is 25.1 Å². The van der Waals surface area contributed by atoms with Crippen LogP contribution in [0, 0.1) is 0 Å². The molecule has 0 saturated carbocycles. The quantitative estimate of drug-likeness (QED) is 0.812. The van der Waals surface area contributed by atoms with Gasteiger partial charge in [0.05, 0.1) is 0 Å². The molecule has 0 aliphatic carbocycles. The maximum absolute atomic E-state index is 13.7. The van der Waals surface area contributed by atoms with Crippen LogP contribution in [0.25, 0.3) is 0 Å². The molecule has 0 heterocycles. The molecule has 2 atom stereocenters. The van der Waals surface area contributed by atoms with Crippen molar-refractivity contribution in [2.45, 2.75) is 25.6 Å². The van der Waals surface area contributed by atoms with E-state index in [1.54, 1.807) is 24.3 Å². The third kappa shape index (κ3) is 2.96. The Morgan fingerprint density at radius 1 is 1.43 bits per heavy atom. The fraction of sp³-hybridized carbons (Fsp3) is 0.455. The van der Waals surface area contributed by atoms with Crippen molar-refractivity contribution in [3.63, 3.8) is 0 Å². The fourth-order valence-corrected chi connectivity index (χ4v) is 1.54. The SMILES string of the molecule is CNC(C)CC(F)c1ccccc1Cl. The Kier molecular flexibility index (Phi) is 4.36. The Morgan fingerprint density at radius 2 is 2.07 bits per heavy atom. The van der Waals surface area contributed by atoms with Crippen LogP contribution in [0.5, 0.6) is 0 Å². The van der Waals surface area contributed by atoms with Gasteiger partial charge < -0.3 is 5.32 Å². The molecule has 0 aromatic heterocycles. The van der Waals surface area contributed by atoms with Gasteiger partial charge in [-0.25, -0.2) is 4.39 Å². The monoisotopic (exact) mass is 215 g/mol. The molecule has 0 aliphatic heterocycles. The molecule has 0 spiro atoms. The van der Waals surface area contributed by atoms with Crippen molar-refractivity contribution in [1.82, 2.24) is 5.32 Å². The Labute approximate surface area is 89.3 Å². The average molecular weight is 216 g/mol. The lowest BCUT2D eigenvalue weighted by atomic mass is 10.0. The molecule has 1 nitrogen and oxygen atoms in total. The van der Waals surface area contributed by atoms with Gasteiger partial charge in [0.2, 0.25) is 0 Å². The van der Waals surface area contributed by atoms with Crippen molar-refractivity contribution >= 4 is 11.6 Å². The molecule has 3 heteroatoms. The molecule has 2 unspecified atom stereocenters. The number of nitrogens with one attached hydrogen (secondary N) is 1. The first-order chi connectivity index (χ1) is 6.65. The van der Waals surface area contributed by atoms with Gasteiger partial charge >= 0.3 is 0 Å². The van der Waals surface area contributed by atoms with Crippen LogP contribution in [0.3, 0.4) is 0 Å². The summed E-state index contributed by atoms with van der Waals surface area (Å²) in [6.45, 7) is 1.95. The molecule has 78 valence electrons. The van der Waals surface area contributed by atoms with Crippen LogP contribution in [-0.4, -0.2) is 13.1 Å². The van der Waals surface area contributed by atoms with Crippen LogP contribution in [0.2, 0.25) is 5.02 Å². The van der Waals surface area contributed by atoms with Gasteiger partial charge in [-0.1, -0.05) is 29.8 Å². The van der Waals surface area contributed by atoms with Crippen molar-refractivity contribution in [1.29, 1.82) is 0 Å². The molecule has 1 N–H and O–H groups in total. The molecular weight excluding hydrogens is 201 g/mol. The summed E-state index contributed by atoms with van der Waals surface area (Å²) in [4.78, 5) is 0. The summed E-state index contributed by atoms with van der Waals surface area (Å²) in [5.74, 6) is 0. The highest BCUT2D eigenvalue weighted by Crippen LogP contribution is 2.28. The van der Waals surface area contributed by atoms with E-state index in [9.17, 15) is 4.39 Å². The third-order valence-electron chi connectivity index (χ3n) is 2.30. The van der Waals surface area contributed by atoms with E-state index >= 15 is 0 Å².